The summed E-state index contributed by atoms with van der Waals surface area (Å²) in [6.07, 6.45) is 3.97. The Morgan fingerprint density at radius 3 is 2.50 bits per heavy atom. The van der Waals surface area contributed by atoms with Crippen molar-refractivity contribution in [2.24, 2.45) is 0 Å². The van der Waals surface area contributed by atoms with Gasteiger partial charge < -0.3 is 4.74 Å². The first-order valence-corrected chi connectivity index (χ1v) is 9.20. The van der Waals surface area contributed by atoms with Crippen LogP contribution < -0.4 is 4.74 Å². The number of nitrogens with zero attached hydrogens (tertiary/aromatic N) is 1. The molecule has 138 valence electrons. The number of benzene rings is 2. The van der Waals surface area contributed by atoms with Gasteiger partial charge >= 0.3 is 0 Å². The van der Waals surface area contributed by atoms with E-state index < -0.39 is 0 Å². The number of para-hydroxylation sites is 1. The number of aryl methyl sites for hydroxylation is 2. The van der Waals surface area contributed by atoms with Crippen LogP contribution in [0.5, 0.6) is 5.75 Å². The summed E-state index contributed by atoms with van der Waals surface area (Å²) in [5.74, 6) is 0.696. The summed E-state index contributed by atoms with van der Waals surface area (Å²) in [7, 11) is 0. The van der Waals surface area contributed by atoms with E-state index >= 15 is 0 Å². The number of carbonyl (C=O) groups is 2. The molecule has 2 aromatic carbocycles. The van der Waals surface area contributed by atoms with Crippen LogP contribution in [-0.4, -0.2) is 30.4 Å². The van der Waals surface area contributed by atoms with E-state index in [2.05, 4.69) is 0 Å². The molecule has 0 fully saturated rings. The summed E-state index contributed by atoms with van der Waals surface area (Å²) in [5, 5.41) is 0. The van der Waals surface area contributed by atoms with E-state index in [0.29, 0.717) is 25.1 Å². The average molecular weight is 353 g/mol. The van der Waals surface area contributed by atoms with Gasteiger partial charge in [-0.05, 0) is 55.9 Å². The molecule has 2 rings (SSSR count). The number of ether oxygens (including phenoxy) is 1. The lowest BCUT2D eigenvalue weighted by molar-refractivity contribution is -0.116. The van der Waals surface area contributed by atoms with Crippen molar-refractivity contribution in [3.8, 4) is 5.75 Å². The summed E-state index contributed by atoms with van der Waals surface area (Å²) < 4.78 is 5.77. The number of unbranched alkanes of at least 4 members (excludes halogenated alkanes) is 2. The van der Waals surface area contributed by atoms with E-state index in [1.54, 1.807) is 6.07 Å². The zero-order valence-electron chi connectivity index (χ0n) is 15.6. The molecule has 2 aromatic rings. The zero-order valence-corrected chi connectivity index (χ0v) is 15.6. The van der Waals surface area contributed by atoms with Crippen LogP contribution in [0.2, 0.25) is 0 Å². The van der Waals surface area contributed by atoms with Crippen LogP contribution in [0, 0.1) is 6.92 Å². The van der Waals surface area contributed by atoms with Crippen LogP contribution in [-0.2, 0) is 11.2 Å². The monoisotopic (exact) mass is 353 g/mol. The van der Waals surface area contributed by atoms with Gasteiger partial charge in [-0.25, -0.2) is 0 Å². The van der Waals surface area contributed by atoms with Crippen molar-refractivity contribution in [3.63, 3.8) is 0 Å². The highest BCUT2D eigenvalue weighted by molar-refractivity contribution is 6.00. The Balaban J connectivity index is 1.76. The molecule has 0 aliphatic carbocycles. The number of imide groups is 1. The van der Waals surface area contributed by atoms with Crippen molar-refractivity contribution in [2.75, 3.05) is 13.2 Å². The molecular formula is C22H27NO3. The van der Waals surface area contributed by atoms with E-state index in [4.69, 9.17) is 4.74 Å². The molecule has 0 heterocycles. The summed E-state index contributed by atoms with van der Waals surface area (Å²) in [5.41, 5.74) is 2.71. The fourth-order valence-corrected chi connectivity index (χ4v) is 2.86. The topological polar surface area (TPSA) is 46.6 Å². The van der Waals surface area contributed by atoms with Gasteiger partial charge in [0.15, 0.2) is 0 Å². The molecule has 0 aliphatic rings. The number of carbonyl (C=O) groups excluding carboxylic acids is 2. The maximum Gasteiger partial charge on any atom is 0.260 e. The fraction of sp³-hybridized carbons (Fsp3) is 0.364. The van der Waals surface area contributed by atoms with Crippen LogP contribution in [0.4, 0.5) is 0 Å². The zero-order chi connectivity index (χ0) is 18.8. The highest BCUT2D eigenvalue weighted by Crippen LogP contribution is 2.17. The molecule has 0 unspecified atom stereocenters. The average Bonchev–Trinajstić information content (AvgIpc) is 2.68. The van der Waals surface area contributed by atoms with Crippen LogP contribution in [0.3, 0.4) is 0 Å². The smallest absolute Gasteiger partial charge is 0.260 e. The summed E-state index contributed by atoms with van der Waals surface area (Å²) in [6, 6.07) is 15.4. The Morgan fingerprint density at radius 1 is 1.04 bits per heavy atom. The van der Waals surface area contributed by atoms with Gasteiger partial charge in [0.25, 0.3) is 5.91 Å². The molecule has 0 saturated heterocycles. The van der Waals surface area contributed by atoms with Crippen LogP contribution in [0.15, 0.2) is 48.5 Å². The maximum absolute atomic E-state index is 12.6. The van der Waals surface area contributed by atoms with Gasteiger partial charge in [-0.1, -0.05) is 43.3 Å². The molecule has 4 heteroatoms. The molecule has 0 atom stereocenters. The lowest BCUT2D eigenvalue weighted by atomic mass is 10.0. The minimum Gasteiger partial charge on any atom is -0.493 e. The number of hydrogen-bond donors (Lipinski definition) is 0. The largest absolute Gasteiger partial charge is 0.493 e. The van der Waals surface area contributed by atoms with Crippen molar-refractivity contribution >= 4 is 12.3 Å². The van der Waals surface area contributed by atoms with E-state index in [-0.39, 0.29) is 5.91 Å². The second kappa shape index (κ2) is 10.4. The SMILES string of the molecule is CCc1ccccc1C(=O)N(C=O)CCCCCOc1ccccc1C. The Labute approximate surface area is 155 Å². The number of hydrogen-bond acceptors (Lipinski definition) is 3. The Morgan fingerprint density at radius 2 is 1.77 bits per heavy atom. The molecule has 0 aliphatic heterocycles. The van der Waals surface area contributed by atoms with Gasteiger partial charge in [-0.15, -0.1) is 0 Å². The molecule has 0 bridgehead atoms. The molecule has 2 amide bonds. The Kier molecular flexibility index (Phi) is 7.87. The van der Waals surface area contributed by atoms with E-state index in [9.17, 15) is 9.59 Å². The third-order valence-corrected chi connectivity index (χ3v) is 4.41. The molecule has 0 saturated carbocycles. The number of amides is 2. The van der Waals surface area contributed by atoms with Gasteiger partial charge in [0.05, 0.1) is 6.61 Å². The summed E-state index contributed by atoms with van der Waals surface area (Å²) in [6.45, 7) is 5.10. The first-order chi connectivity index (χ1) is 12.7. The lowest BCUT2D eigenvalue weighted by Crippen LogP contribution is -2.31. The Hall–Kier alpha value is -2.62. The molecule has 0 spiro atoms. The second-order valence-electron chi connectivity index (χ2n) is 6.29. The third-order valence-electron chi connectivity index (χ3n) is 4.41. The summed E-state index contributed by atoms with van der Waals surface area (Å²) in [4.78, 5) is 25.2. The molecule has 0 aromatic heterocycles. The summed E-state index contributed by atoms with van der Waals surface area (Å²) >= 11 is 0. The molecular weight excluding hydrogens is 326 g/mol. The first-order valence-electron chi connectivity index (χ1n) is 9.20. The lowest BCUT2D eigenvalue weighted by Gasteiger charge is -2.17. The highest BCUT2D eigenvalue weighted by Gasteiger charge is 2.17. The quantitative estimate of drug-likeness (QED) is 0.470. The van der Waals surface area contributed by atoms with Gasteiger partial charge in [0, 0.05) is 12.1 Å². The van der Waals surface area contributed by atoms with E-state index in [0.717, 1.165) is 42.6 Å². The van der Waals surface area contributed by atoms with Crippen molar-refractivity contribution < 1.29 is 14.3 Å². The standard InChI is InChI=1S/C22H27NO3/c1-3-19-12-6-7-13-20(19)22(25)23(17-24)15-9-4-10-16-26-21-14-8-5-11-18(21)2/h5-8,11-14,17H,3-4,9-10,15-16H2,1-2H3. The minimum atomic E-state index is -0.214. The highest BCUT2D eigenvalue weighted by atomic mass is 16.5. The minimum absolute atomic E-state index is 0.214. The Bertz CT molecular complexity index is 727. The molecule has 0 radical (unpaired) electrons. The van der Waals surface area contributed by atoms with E-state index in [1.807, 2.05) is 56.3 Å². The normalized spacial score (nSPS) is 10.4. The predicted molar refractivity (Wildman–Crippen MR) is 103 cm³/mol. The fourth-order valence-electron chi connectivity index (χ4n) is 2.86. The van der Waals surface area contributed by atoms with Gasteiger partial charge in [0.2, 0.25) is 6.41 Å². The van der Waals surface area contributed by atoms with Gasteiger partial charge in [0.1, 0.15) is 5.75 Å². The molecule has 26 heavy (non-hydrogen) atoms. The third kappa shape index (κ3) is 5.45. The van der Waals surface area contributed by atoms with Gasteiger partial charge in [-0.2, -0.15) is 0 Å². The van der Waals surface area contributed by atoms with E-state index in [1.165, 1.54) is 4.90 Å². The predicted octanol–water partition coefficient (Wildman–Crippen LogP) is 4.41. The van der Waals surface area contributed by atoms with Crippen molar-refractivity contribution in [3.05, 3.63) is 65.2 Å². The molecule has 0 N–H and O–H groups in total. The second-order valence-corrected chi connectivity index (χ2v) is 6.29. The molecule has 4 nitrogen and oxygen atoms in total. The van der Waals surface area contributed by atoms with Crippen LogP contribution in [0.25, 0.3) is 0 Å². The van der Waals surface area contributed by atoms with Gasteiger partial charge in [-0.3, -0.25) is 14.5 Å². The van der Waals surface area contributed by atoms with Crippen LogP contribution in [0.1, 0.15) is 47.7 Å². The van der Waals surface area contributed by atoms with Crippen LogP contribution >= 0.6 is 0 Å². The van der Waals surface area contributed by atoms with Crippen molar-refractivity contribution in [1.82, 2.24) is 4.90 Å². The van der Waals surface area contributed by atoms with Crippen molar-refractivity contribution in [2.45, 2.75) is 39.5 Å². The number of rotatable bonds is 10. The van der Waals surface area contributed by atoms with Crippen molar-refractivity contribution in [1.29, 1.82) is 0 Å². The maximum atomic E-state index is 12.6. The first kappa shape index (κ1) is 19.7.